The normalized spacial score (nSPS) is 26.0. The number of morpholine rings is 1. The predicted molar refractivity (Wildman–Crippen MR) is 56.8 cm³/mol. The van der Waals surface area contributed by atoms with Crippen LogP contribution in [-0.2, 0) is 4.74 Å². The van der Waals surface area contributed by atoms with Crippen molar-refractivity contribution in [3.63, 3.8) is 0 Å². The fourth-order valence-corrected chi connectivity index (χ4v) is 1.63. The van der Waals surface area contributed by atoms with Crippen LogP contribution in [0, 0.1) is 0 Å². The molecule has 0 bridgehead atoms. The van der Waals surface area contributed by atoms with Crippen LogP contribution >= 0.6 is 0 Å². The molecule has 0 aromatic carbocycles. The molecule has 2 rings (SSSR count). The Hall–Kier alpha value is -0.810. The molecule has 0 spiro atoms. The second-order valence-corrected chi connectivity index (χ2v) is 4.19. The maximum Gasteiger partial charge on any atom is 0.315 e. The Bertz CT molecular complexity index is 213. The number of hydrogen-bond donors (Lipinski definition) is 3. The van der Waals surface area contributed by atoms with Gasteiger partial charge in [-0.15, -0.1) is 0 Å². The van der Waals surface area contributed by atoms with E-state index in [1.807, 2.05) is 0 Å². The molecule has 1 unspecified atom stereocenters. The molecule has 1 saturated carbocycles. The lowest BCUT2D eigenvalue weighted by Crippen LogP contribution is -2.44. The molecule has 1 aliphatic heterocycles. The maximum atomic E-state index is 11.3. The van der Waals surface area contributed by atoms with Crippen LogP contribution in [0.1, 0.15) is 19.3 Å². The summed E-state index contributed by atoms with van der Waals surface area (Å²) < 4.78 is 5.32. The van der Waals surface area contributed by atoms with Crippen molar-refractivity contribution in [2.24, 2.45) is 0 Å². The van der Waals surface area contributed by atoms with Crippen molar-refractivity contribution in [3.8, 4) is 0 Å². The lowest BCUT2D eigenvalue weighted by Gasteiger charge is -2.23. The topological polar surface area (TPSA) is 62.4 Å². The Morgan fingerprint density at radius 1 is 1.47 bits per heavy atom. The molecule has 2 amide bonds. The summed E-state index contributed by atoms with van der Waals surface area (Å²) >= 11 is 0. The third-order valence-electron chi connectivity index (χ3n) is 2.69. The first-order chi connectivity index (χ1) is 7.34. The van der Waals surface area contributed by atoms with E-state index in [1.165, 1.54) is 0 Å². The lowest BCUT2D eigenvalue weighted by atomic mass is 10.2. The highest BCUT2D eigenvalue weighted by Gasteiger charge is 2.23. The highest BCUT2D eigenvalue weighted by Crippen LogP contribution is 2.18. The van der Waals surface area contributed by atoms with Gasteiger partial charge < -0.3 is 20.7 Å². The van der Waals surface area contributed by atoms with Crippen molar-refractivity contribution < 1.29 is 9.53 Å². The van der Waals surface area contributed by atoms with Crippen LogP contribution in [0.15, 0.2) is 0 Å². The van der Waals surface area contributed by atoms with Crippen LogP contribution in [-0.4, -0.2) is 44.4 Å². The zero-order chi connectivity index (χ0) is 10.5. The number of carbonyl (C=O) groups excluding carboxylic acids is 1. The number of ether oxygens (including phenoxy) is 1. The molecule has 15 heavy (non-hydrogen) atoms. The third-order valence-corrected chi connectivity index (χ3v) is 2.69. The van der Waals surface area contributed by atoms with E-state index in [4.69, 9.17) is 4.74 Å². The van der Waals surface area contributed by atoms with Crippen molar-refractivity contribution in [1.82, 2.24) is 16.0 Å². The van der Waals surface area contributed by atoms with Gasteiger partial charge in [0.05, 0.1) is 13.2 Å². The van der Waals surface area contributed by atoms with E-state index >= 15 is 0 Å². The summed E-state index contributed by atoms with van der Waals surface area (Å²) in [4.78, 5) is 11.3. The lowest BCUT2D eigenvalue weighted by molar-refractivity contribution is 0.0744. The van der Waals surface area contributed by atoms with Gasteiger partial charge >= 0.3 is 6.03 Å². The third kappa shape index (κ3) is 4.05. The molecule has 86 valence electrons. The Morgan fingerprint density at radius 2 is 2.33 bits per heavy atom. The standard InChI is InChI=1S/C10H19N3O2/c14-10(13-8-1-2-8)12-4-3-9-7-15-6-5-11-9/h8-9,11H,1-7H2,(H2,12,13,14). The average molecular weight is 213 g/mol. The molecule has 0 aromatic rings. The largest absolute Gasteiger partial charge is 0.379 e. The fraction of sp³-hybridized carbons (Fsp3) is 0.900. The van der Waals surface area contributed by atoms with Crippen LogP contribution in [0.4, 0.5) is 4.79 Å². The number of hydrogen-bond acceptors (Lipinski definition) is 3. The number of carbonyl (C=O) groups is 1. The molecule has 3 N–H and O–H groups in total. The smallest absolute Gasteiger partial charge is 0.315 e. The second kappa shape index (κ2) is 5.32. The first-order valence-corrected chi connectivity index (χ1v) is 5.70. The summed E-state index contributed by atoms with van der Waals surface area (Å²) in [6, 6.07) is 0.787. The highest BCUT2D eigenvalue weighted by atomic mass is 16.5. The SMILES string of the molecule is O=C(NCCC1COCCN1)NC1CC1. The van der Waals surface area contributed by atoms with Crippen LogP contribution < -0.4 is 16.0 Å². The van der Waals surface area contributed by atoms with E-state index in [1.54, 1.807) is 0 Å². The minimum absolute atomic E-state index is 0.0331. The van der Waals surface area contributed by atoms with E-state index < -0.39 is 0 Å². The number of rotatable bonds is 4. The highest BCUT2D eigenvalue weighted by molar-refractivity contribution is 5.74. The molecule has 0 radical (unpaired) electrons. The number of amides is 2. The molecule has 0 aromatic heterocycles. The molecule has 1 atom stereocenters. The van der Waals surface area contributed by atoms with Gasteiger partial charge in [0.15, 0.2) is 0 Å². The monoisotopic (exact) mass is 213 g/mol. The Kier molecular flexibility index (Phi) is 3.80. The van der Waals surface area contributed by atoms with Gasteiger partial charge in [-0.05, 0) is 19.3 Å². The van der Waals surface area contributed by atoms with Crippen LogP contribution in [0.5, 0.6) is 0 Å². The summed E-state index contributed by atoms with van der Waals surface area (Å²) in [6.45, 7) is 3.18. The number of nitrogens with one attached hydrogen (secondary N) is 3. The van der Waals surface area contributed by atoms with Gasteiger partial charge in [0.2, 0.25) is 0 Å². The number of urea groups is 1. The van der Waals surface area contributed by atoms with Crippen molar-refractivity contribution >= 4 is 6.03 Å². The summed E-state index contributed by atoms with van der Waals surface area (Å²) in [6.07, 6.45) is 3.19. The van der Waals surface area contributed by atoms with E-state index in [2.05, 4.69) is 16.0 Å². The Labute approximate surface area is 89.9 Å². The van der Waals surface area contributed by atoms with Crippen LogP contribution in [0.3, 0.4) is 0 Å². The first-order valence-electron chi connectivity index (χ1n) is 5.70. The van der Waals surface area contributed by atoms with E-state index in [9.17, 15) is 4.79 Å². The van der Waals surface area contributed by atoms with Gasteiger partial charge in [-0.3, -0.25) is 0 Å². The maximum absolute atomic E-state index is 11.3. The van der Waals surface area contributed by atoms with Crippen molar-refractivity contribution in [2.75, 3.05) is 26.3 Å². The Morgan fingerprint density at radius 3 is 3.00 bits per heavy atom. The molecular weight excluding hydrogens is 194 g/mol. The van der Waals surface area contributed by atoms with Crippen LogP contribution in [0.2, 0.25) is 0 Å². The molecule has 1 aliphatic carbocycles. The zero-order valence-corrected chi connectivity index (χ0v) is 8.92. The van der Waals surface area contributed by atoms with Gasteiger partial charge in [-0.25, -0.2) is 4.79 Å². The van der Waals surface area contributed by atoms with Gasteiger partial charge in [0.1, 0.15) is 0 Å². The second-order valence-electron chi connectivity index (χ2n) is 4.19. The van der Waals surface area contributed by atoms with Gasteiger partial charge in [0.25, 0.3) is 0 Å². The zero-order valence-electron chi connectivity index (χ0n) is 8.92. The van der Waals surface area contributed by atoms with E-state index in [0.29, 0.717) is 18.6 Å². The van der Waals surface area contributed by atoms with Gasteiger partial charge in [-0.2, -0.15) is 0 Å². The summed E-state index contributed by atoms with van der Waals surface area (Å²) in [5, 5.41) is 9.09. The van der Waals surface area contributed by atoms with E-state index in [-0.39, 0.29) is 6.03 Å². The van der Waals surface area contributed by atoms with Gasteiger partial charge in [0, 0.05) is 25.2 Å². The van der Waals surface area contributed by atoms with Crippen molar-refractivity contribution in [1.29, 1.82) is 0 Å². The summed E-state index contributed by atoms with van der Waals surface area (Å²) in [5.41, 5.74) is 0. The van der Waals surface area contributed by atoms with Crippen molar-refractivity contribution in [3.05, 3.63) is 0 Å². The molecule has 2 aliphatic rings. The molecule has 5 heteroatoms. The predicted octanol–water partition coefficient (Wildman–Crippen LogP) is -0.173. The van der Waals surface area contributed by atoms with Crippen molar-refractivity contribution in [2.45, 2.75) is 31.3 Å². The quantitative estimate of drug-likeness (QED) is 0.607. The minimum atomic E-state index is -0.0331. The molecule has 1 saturated heterocycles. The molecule has 5 nitrogen and oxygen atoms in total. The Balaban J connectivity index is 1.51. The first kappa shape index (κ1) is 10.7. The summed E-state index contributed by atoms with van der Waals surface area (Å²) in [5.74, 6) is 0. The minimum Gasteiger partial charge on any atom is -0.379 e. The summed E-state index contributed by atoms with van der Waals surface area (Å²) in [7, 11) is 0. The fourth-order valence-electron chi connectivity index (χ4n) is 1.63. The van der Waals surface area contributed by atoms with E-state index in [0.717, 1.165) is 39.0 Å². The molecule has 1 heterocycles. The molecular formula is C10H19N3O2. The average Bonchev–Trinajstić information content (AvgIpc) is 3.03. The van der Waals surface area contributed by atoms with Crippen LogP contribution in [0.25, 0.3) is 0 Å². The van der Waals surface area contributed by atoms with Gasteiger partial charge in [-0.1, -0.05) is 0 Å². The molecule has 2 fully saturated rings.